The Balaban J connectivity index is 2.45. The van der Waals surface area contributed by atoms with Gasteiger partial charge in [0.1, 0.15) is 11.6 Å². The molecule has 2 rings (SSSR count). The zero-order chi connectivity index (χ0) is 14.0. The van der Waals surface area contributed by atoms with Crippen LogP contribution in [0.15, 0.2) is 46.2 Å². The second-order valence-electron chi connectivity index (χ2n) is 4.46. The van der Waals surface area contributed by atoms with Gasteiger partial charge in [-0.15, -0.1) is 0 Å². The molecule has 4 heteroatoms. The molecule has 0 saturated carbocycles. The largest absolute Gasteiger partial charge is 0.324 e. The third-order valence-corrected chi connectivity index (χ3v) is 3.96. The van der Waals surface area contributed by atoms with Crippen LogP contribution < -0.4 is 5.73 Å². The fourth-order valence-electron chi connectivity index (χ4n) is 1.76. The van der Waals surface area contributed by atoms with E-state index in [4.69, 9.17) is 5.73 Å². The summed E-state index contributed by atoms with van der Waals surface area (Å²) in [5.41, 5.74) is 7.07. The van der Waals surface area contributed by atoms with Crippen molar-refractivity contribution in [2.45, 2.75) is 29.7 Å². The predicted octanol–water partition coefficient (Wildman–Crippen LogP) is 4.44. The van der Waals surface area contributed by atoms with Crippen LogP contribution in [0.4, 0.5) is 8.78 Å². The summed E-state index contributed by atoms with van der Waals surface area (Å²) >= 11 is 1.27. The van der Waals surface area contributed by atoms with Crippen molar-refractivity contribution in [3.05, 3.63) is 59.2 Å². The van der Waals surface area contributed by atoms with Gasteiger partial charge in [0.2, 0.25) is 0 Å². The molecule has 0 aliphatic rings. The molecule has 1 nitrogen and oxygen atoms in total. The van der Waals surface area contributed by atoms with Gasteiger partial charge in [-0.2, -0.15) is 0 Å². The zero-order valence-corrected chi connectivity index (χ0v) is 11.6. The van der Waals surface area contributed by atoms with Crippen LogP contribution in [0.3, 0.4) is 0 Å². The lowest BCUT2D eigenvalue weighted by atomic mass is 10.1. The Bertz CT molecular complexity index is 597. The van der Waals surface area contributed by atoms with Crippen molar-refractivity contribution < 1.29 is 8.78 Å². The first kappa shape index (κ1) is 14.0. The first-order chi connectivity index (χ1) is 8.99. The third kappa shape index (κ3) is 3.14. The molecule has 0 aromatic heterocycles. The normalized spacial score (nSPS) is 12.5. The van der Waals surface area contributed by atoms with Crippen molar-refractivity contribution in [2.24, 2.45) is 5.73 Å². The van der Waals surface area contributed by atoms with Gasteiger partial charge in [-0.25, -0.2) is 8.78 Å². The molecule has 2 aromatic rings. The number of hydrogen-bond acceptors (Lipinski definition) is 2. The molecule has 0 aliphatic carbocycles. The lowest BCUT2D eigenvalue weighted by molar-refractivity contribution is 0.601. The molecule has 1 unspecified atom stereocenters. The second kappa shape index (κ2) is 5.72. The minimum Gasteiger partial charge on any atom is -0.324 e. The lowest BCUT2D eigenvalue weighted by Gasteiger charge is -2.14. The van der Waals surface area contributed by atoms with Crippen LogP contribution in [0.2, 0.25) is 0 Å². The summed E-state index contributed by atoms with van der Waals surface area (Å²) in [4.78, 5) is 1.30. The van der Waals surface area contributed by atoms with Gasteiger partial charge in [-0.1, -0.05) is 23.9 Å². The van der Waals surface area contributed by atoms with E-state index >= 15 is 0 Å². The molecule has 19 heavy (non-hydrogen) atoms. The fourth-order valence-corrected chi connectivity index (χ4v) is 2.91. The smallest absolute Gasteiger partial charge is 0.137 e. The highest BCUT2D eigenvalue weighted by molar-refractivity contribution is 7.99. The Morgan fingerprint density at radius 2 is 1.74 bits per heavy atom. The minimum absolute atomic E-state index is 0.287. The highest BCUT2D eigenvalue weighted by Gasteiger charge is 2.13. The van der Waals surface area contributed by atoms with E-state index in [0.717, 1.165) is 4.90 Å². The van der Waals surface area contributed by atoms with Crippen molar-refractivity contribution in [2.75, 3.05) is 0 Å². The Hall–Kier alpha value is -1.39. The highest BCUT2D eigenvalue weighted by Crippen LogP contribution is 2.35. The van der Waals surface area contributed by atoms with Crippen molar-refractivity contribution in [3.8, 4) is 0 Å². The summed E-state index contributed by atoms with van der Waals surface area (Å²) in [7, 11) is 0. The van der Waals surface area contributed by atoms with E-state index in [1.165, 1.54) is 23.9 Å². The summed E-state index contributed by atoms with van der Waals surface area (Å²) in [6.45, 7) is 3.47. The maximum absolute atomic E-state index is 13.7. The van der Waals surface area contributed by atoms with Crippen molar-refractivity contribution in [3.63, 3.8) is 0 Å². The van der Waals surface area contributed by atoms with Gasteiger partial charge in [-0.05, 0) is 49.2 Å². The van der Waals surface area contributed by atoms with Gasteiger partial charge in [0.15, 0.2) is 0 Å². The predicted molar refractivity (Wildman–Crippen MR) is 74.3 cm³/mol. The molecule has 0 amide bonds. The topological polar surface area (TPSA) is 26.0 Å². The molecule has 0 spiro atoms. The molecule has 2 aromatic carbocycles. The van der Waals surface area contributed by atoms with E-state index in [2.05, 4.69) is 0 Å². The van der Waals surface area contributed by atoms with Crippen molar-refractivity contribution in [1.82, 2.24) is 0 Å². The summed E-state index contributed by atoms with van der Waals surface area (Å²) in [5.74, 6) is -0.574. The van der Waals surface area contributed by atoms with Crippen LogP contribution in [0.1, 0.15) is 24.1 Å². The number of rotatable bonds is 3. The Morgan fingerprint density at radius 3 is 2.37 bits per heavy atom. The van der Waals surface area contributed by atoms with Gasteiger partial charge in [-0.3, -0.25) is 0 Å². The first-order valence-corrected chi connectivity index (χ1v) is 6.78. The molecular weight excluding hydrogens is 264 g/mol. The Kier molecular flexibility index (Phi) is 4.22. The molecule has 2 N–H and O–H groups in total. The Labute approximate surface area is 115 Å². The number of benzene rings is 2. The standard InChI is InChI=1S/C15H15F2NS/c1-9-7-15(11(10(2)18)8-13(9)17)19-14-6-4-3-5-12(14)16/h3-8,10H,18H2,1-2H3. The molecule has 0 radical (unpaired) electrons. The van der Waals surface area contributed by atoms with Crippen LogP contribution in [-0.4, -0.2) is 0 Å². The number of aryl methyl sites for hydroxylation is 1. The minimum atomic E-state index is -0.302. The van der Waals surface area contributed by atoms with Crippen LogP contribution in [0.5, 0.6) is 0 Å². The molecule has 0 heterocycles. The average Bonchev–Trinajstić information content (AvgIpc) is 2.36. The van der Waals surface area contributed by atoms with Gasteiger partial charge in [0, 0.05) is 15.8 Å². The lowest BCUT2D eigenvalue weighted by Crippen LogP contribution is -2.07. The van der Waals surface area contributed by atoms with E-state index in [9.17, 15) is 8.78 Å². The monoisotopic (exact) mass is 279 g/mol. The third-order valence-electron chi connectivity index (χ3n) is 2.84. The summed E-state index contributed by atoms with van der Waals surface area (Å²) in [5, 5.41) is 0. The molecule has 0 saturated heterocycles. The fraction of sp³-hybridized carbons (Fsp3) is 0.200. The quantitative estimate of drug-likeness (QED) is 0.898. The van der Waals surface area contributed by atoms with Gasteiger partial charge in [0.05, 0.1) is 0 Å². The number of halogens is 2. The average molecular weight is 279 g/mol. The van der Waals surface area contributed by atoms with E-state index < -0.39 is 0 Å². The molecule has 100 valence electrons. The summed E-state index contributed by atoms with van der Waals surface area (Å²) < 4.78 is 27.3. The maximum Gasteiger partial charge on any atom is 0.137 e. The van der Waals surface area contributed by atoms with Gasteiger partial charge in [0.25, 0.3) is 0 Å². The van der Waals surface area contributed by atoms with Crippen LogP contribution in [0.25, 0.3) is 0 Å². The molecule has 0 fully saturated rings. The summed E-state index contributed by atoms with van der Waals surface area (Å²) in [6, 6.07) is 9.36. The number of hydrogen-bond donors (Lipinski definition) is 1. The van der Waals surface area contributed by atoms with E-state index in [1.54, 1.807) is 38.1 Å². The second-order valence-corrected chi connectivity index (χ2v) is 5.54. The molecule has 1 atom stereocenters. The van der Waals surface area contributed by atoms with Crippen molar-refractivity contribution >= 4 is 11.8 Å². The van der Waals surface area contributed by atoms with Crippen LogP contribution in [-0.2, 0) is 0 Å². The summed E-state index contributed by atoms with van der Waals surface area (Å²) in [6.07, 6.45) is 0. The van der Waals surface area contributed by atoms with Crippen molar-refractivity contribution in [1.29, 1.82) is 0 Å². The molecule has 0 bridgehead atoms. The van der Waals surface area contributed by atoms with Gasteiger partial charge >= 0.3 is 0 Å². The van der Waals surface area contributed by atoms with E-state index in [-0.39, 0.29) is 17.7 Å². The van der Waals surface area contributed by atoms with E-state index in [0.29, 0.717) is 16.0 Å². The maximum atomic E-state index is 13.7. The molecular formula is C15H15F2NS. The van der Waals surface area contributed by atoms with E-state index in [1.807, 2.05) is 0 Å². The number of nitrogens with two attached hydrogens (primary N) is 1. The van der Waals surface area contributed by atoms with Crippen LogP contribution in [0, 0.1) is 18.6 Å². The SMILES string of the molecule is Cc1cc(Sc2ccccc2F)c(C(C)N)cc1F. The molecule has 0 aliphatic heterocycles. The zero-order valence-electron chi connectivity index (χ0n) is 10.8. The Morgan fingerprint density at radius 1 is 1.05 bits per heavy atom. The van der Waals surface area contributed by atoms with Gasteiger partial charge < -0.3 is 5.73 Å². The highest BCUT2D eigenvalue weighted by atomic mass is 32.2. The first-order valence-electron chi connectivity index (χ1n) is 5.97. The van der Waals surface area contributed by atoms with Crippen LogP contribution >= 0.6 is 11.8 Å².